The zero-order valence-electron chi connectivity index (χ0n) is 45.7. The van der Waals surface area contributed by atoms with E-state index >= 15 is 0 Å². The number of aliphatic hydroxyl groups excluding tert-OH is 6. The van der Waals surface area contributed by atoms with Gasteiger partial charge in [0.15, 0.2) is 0 Å². The standard InChI is InChI=1S/2C13H23NO5.2C12H23NO4/c2*1-13(2,3)19-12(17)14-6-5-9(8-14)10(15)7-11(16)18-4;2*1-12(2,3)17-11(16)13-6-4-9(8-13)10(15)5-7-14/h2*9-10,15H,5-8H2,1-4H3;2*9-10,14-15H,4-8H2,1-3H3/t9-,10+;9-,10-;9-,10+;9-,10-/m0000/s1. The Kier molecular flexibility index (Phi) is 27.6. The Morgan fingerprint density at radius 1 is 0.417 bits per heavy atom. The van der Waals surface area contributed by atoms with Crippen LogP contribution in [0, 0.1) is 23.7 Å². The maximum atomic E-state index is 11.8. The first-order chi connectivity index (χ1) is 33.1. The van der Waals surface area contributed by atoms with Gasteiger partial charge in [-0.15, -0.1) is 0 Å². The van der Waals surface area contributed by atoms with Crippen molar-refractivity contribution in [3.05, 3.63) is 0 Å². The Balaban J connectivity index is 0.000000481. The van der Waals surface area contributed by atoms with Gasteiger partial charge in [-0.1, -0.05) is 0 Å². The SMILES string of the molecule is CC(C)(C)OC(=O)N1CC[C@H]([C@@H](O)CCO)C1.CC(C)(C)OC(=O)N1CC[C@H]([C@H](O)CCO)C1.COC(=O)C[C@@H](O)[C@H]1CCN(C(=O)OC(C)(C)C)C1.COC(=O)C[C@H](O)[C@H]1CCN(C(=O)OC(C)(C)C)C1. The van der Waals surface area contributed by atoms with Crippen molar-refractivity contribution in [1.82, 2.24) is 19.6 Å². The lowest BCUT2D eigenvalue weighted by molar-refractivity contribution is -0.144. The molecule has 6 N–H and O–H groups in total. The van der Waals surface area contributed by atoms with Gasteiger partial charge in [-0.25, -0.2) is 19.2 Å². The first kappa shape index (κ1) is 65.8. The highest BCUT2D eigenvalue weighted by atomic mass is 16.6. The van der Waals surface area contributed by atoms with Crippen molar-refractivity contribution in [1.29, 1.82) is 0 Å². The van der Waals surface area contributed by atoms with E-state index < -0.39 is 58.8 Å². The Bertz CT molecular complexity index is 1550. The molecule has 4 heterocycles. The van der Waals surface area contributed by atoms with Crippen LogP contribution in [0.2, 0.25) is 0 Å². The molecule has 0 unspecified atom stereocenters. The van der Waals surface area contributed by atoms with E-state index in [2.05, 4.69) is 9.47 Å². The number of nitrogens with zero attached hydrogens (tertiary/aromatic N) is 4. The molecule has 420 valence electrons. The minimum absolute atomic E-state index is 0.0237. The average molecular weight is 1040 g/mol. The second-order valence-electron chi connectivity index (χ2n) is 22.8. The normalized spacial score (nSPS) is 21.8. The molecule has 22 heteroatoms. The molecule has 4 fully saturated rings. The summed E-state index contributed by atoms with van der Waals surface area (Å²) in [6, 6.07) is 0. The summed E-state index contributed by atoms with van der Waals surface area (Å²) in [5, 5.41) is 56.8. The summed E-state index contributed by atoms with van der Waals surface area (Å²) in [4.78, 5) is 75.8. The van der Waals surface area contributed by atoms with Crippen LogP contribution in [-0.4, -0.2) is 213 Å². The summed E-state index contributed by atoms with van der Waals surface area (Å²) < 4.78 is 30.1. The summed E-state index contributed by atoms with van der Waals surface area (Å²) in [6.45, 7) is 26.0. The van der Waals surface area contributed by atoms with Crippen LogP contribution >= 0.6 is 0 Å². The molecular formula is C50H92N4O18. The van der Waals surface area contributed by atoms with E-state index in [-0.39, 0.29) is 74.1 Å². The van der Waals surface area contributed by atoms with Crippen LogP contribution in [0.3, 0.4) is 0 Å². The zero-order valence-corrected chi connectivity index (χ0v) is 45.7. The van der Waals surface area contributed by atoms with Crippen LogP contribution < -0.4 is 0 Å². The number of ether oxygens (including phenoxy) is 6. The predicted molar refractivity (Wildman–Crippen MR) is 264 cm³/mol. The van der Waals surface area contributed by atoms with Gasteiger partial charge in [0, 0.05) is 89.2 Å². The largest absolute Gasteiger partial charge is 0.469 e. The summed E-state index contributed by atoms with van der Waals surface area (Å²) in [5.41, 5.74) is -2.03. The Morgan fingerprint density at radius 2 is 0.625 bits per heavy atom. The van der Waals surface area contributed by atoms with Gasteiger partial charge in [0.2, 0.25) is 0 Å². The van der Waals surface area contributed by atoms with Gasteiger partial charge in [-0.05, 0) is 122 Å². The smallest absolute Gasteiger partial charge is 0.410 e. The second-order valence-corrected chi connectivity index (χ2v) is 22.8. The summed E-state index contributed by atoms with van der Waals surface area (Å²) in [6.07, 6.45) is -0.505. The monoisotopic (exact) mass is 1040 g/mol. The molecular weight excluding hydrogens is 945 g/mol. The third-order valence-corrected chi connectivity index (χ3v) is 11.7. The number of aliphatic hydroxyl groups is 6. The molecule has 0 aliphatic carbocycles. The Hall–Kier alpha value is -4.22. The average Bonchev–Trinajstić information content (AvgIpc) is 4.09. The van der Waals surface area contributed by atoms with Crippen LogP contribution in [0.4, 0.5) is 19.2 Å². The number of esters is 2. The topological polar surface area (TPSA) is 292 Å². The maximum Gasteiger partial charge on any atom is 0.410 e. The van der Waals surface area contributed by atoms with Crippen molar-refractivity contribution in [3.8, 4) is 0 Å². The molecule has 4 rings (SSSR count). The minimum Gasteiger partial charge on any atom is -0.469 e. The lowest BCUT2D eigenvalue weighted by atomic mass is 9.99. The Morgan fingerprint density at radius 3 is 0.806 bits per heavy atom. The van der Waals surface area contributed by atoms with E-state index in [1.54, 1.807) is 19.6 Å². The van der Waals surface area contributed by atoms with Gasteiger partial charge in [-0.2, -0.15) is 0 Å². The van der Waals surface area contributed by atoms with E-state index in [1.165, 1.54) is 14.2 Å². The minimum atomic E-state index is -0.778. The van der Waals surface area contributed by atoms with E-state index in [0.29, 0.717) is 78.0 Å². The van der Waals surface area contributed by atoms with Crippen molar-refractivity contribution >= 4 is 36.3 Å². The molecule has 8 atom stereocenters. The van der Waals surface area contributed by atoms with Gasteiger partial charge >= 0.3 is 36.3 Å². The number of hydrogen-bond donors (Lipinski definition) is 6. The molecule has 0 spiro atoms. The molecule has 4 amide bonds. The molecule has 22 nitrogen and oxygen atoms in total. The van der Waals surface area contributed by atoms with Gasteiger partial charge in [0.25, 0.3) is 0 Å². The number of rotatable bonds is 12. The maximum absolute atomic E-state index is 11.8. The van der Waals surface area contributed by atoms with Crippen LogP contribution in [0.5, 0.6) is 0 Å². The fourth-order valence-corrected chi connectivity index (χ4v) is 7.95. The molecule has 0 saturated carbocycles. The van der Waals surface area contributed by atoms with Crippen LogP contribution in [0.25, 0.3) is 0 Å². The number of hydrogen-bond acceptors (Lipinski definition) is 18. The van der Waals surface area contributed by atoms with Crippen LogP contribution in [0.1, 0.15) is 134 Å². The third kappa shape index (κ3) is 26.6. The van der Waals surface area contributed by atoms with Crippen LogP contribution in [-0.2, 0) is 38.0 Å². The molecule has 4 aliphatic rings. The molecule has 4 saturated heterocycles. The number of methoxy groups -OCH3 is 2. The van der Waals surface area contributed by atoms with Gasteiger partial charge in [-0.3, -0.25) is 9.59 Å². The fraction of sp³-hybridized carbons (Fsp3) is 0.880. The molecule has 0 bridgehead atoms. The van der Waals surface area contributed by atoms with Crippen molar-refractivity contribution in [3.63, 3.8) is 0 Å². The highest BCUT2D eigenvalue weighted by Gasteiger charge is 2.37. The lowest BCUT2D eigenvalue weighted by Crippen LogP contribution is -2.36. The number of carbonyl (C=O) groups is 6. The quantitative estimate of drug-likeness (QED) is 0.117. The summed E-state index contributed by atoms with van der Waals surface area (Å²) in [7, 11) is 2.58. The molecule has 0 aromatic rings. The molecule has 0 radical (unpaired) electrons. The number of likely N-dealkylation sites (tertiary alicyclic amines) is 4. The predicted octanol–water partition coefficient (Wildman–Crippen LogP) is 4.31. The molecule has 0 aromatic heterocycles. The molecule has 4 aliphatic heterocycles. The van der Waals surface area contributed by atoms with Gasteiger partial charge in [0.05, 0.1) is 51.5 Å². The Labute approximate surface area is 427 Å². The van der Waals surface area contributed by atoms with Gasteiger partial charge in [0.1, 0.15) is 22.4 Å². The number of amides is 4. The first-order valence-corrected chi connectivity index (χ1v) is 25.1. The second kappa shape index (κ2) is 30.2. The lowest BCUT2D eigenvalue weighted by Gasteiger charge is -2.25. The summed E-state index contributed by atoms with van der Waals surface area (Å²) in [5.74, 6) is -0.992. The van der Waals surface area contributed by atoms with E-state index in [1.807, 2.05) is 83.1 Å². The highest BCUT2D eigenvalue weighted by molar-refractivity contribution is 5.71. The van der Waals surface area contributed by atoms with Crippen molar-refractivity contribution in [2.24, 2.45) is 23.7 Å². The number of carbonyl (C=O) groups excluding carboxylic acids is 6. The third-order valence-electron chi connectivity index (χ3n) is 11.7. The van der Waals surface area contributed by atoms with Crippen molar-refractivity contribution in [2.75, 3.05) is 79.8 Å². The van der Waals surface area contributed by atoms with Crippen LogP contribution in [0.15, 0.2) is 0 Å². The first-order valence-electron chi connectivity index (χ1n) is 25.1. The zero-order chi connectivity index (χ0) is 55.4. The fourth-order valence-electron chi connectivity index (χ4n) is 7.95. The summed E-state index contributed by atoms with van der Waals surface area (Å²) >= 11 is 0. The van der Waals surface area contributed by atoms with E-state index in [0.717, 1.165) is 12.8 Å². The highest BCUT2D eigenvalue weighted by Crippen LogP contribution is 2.27. The van der Waals surface area contributed by atoms with E-state index in [9.17, 15) is 49.2 Å². The van der Waals surface area contributed by atoms with Gasteiger partial charge < -0.3 is 78.7 Å². The molecule has 0 aromatic carbocycles. The van der Waals surface area contributed by atoms with E-state index in [4.69, 9.17) is 29.2 Å². The van der Waals surface area contributed by atoms with Crippen molar-refractivity contribution < 1.29 is 87.8 Å². The van der Waals surface area contributed by atoms with Crippen molar-refractivity contribution in [2.45, 2.75) is 181 Å². The molecule has 72 heavy (non-hydrogen) atoms.